The number of benzene rings is 1. The molecule has 3 heterocycles. The highest BCUT2D eigenvalue weighted by atomic mass is 31.2. The van der Waals surface area contributed by atoms with Crippen molar-refractivity contribution >= 4 is 25.3 Å². The molecular formula is C17H20N5O2P. The molecule has 1 aliphatic rings. The lowest BCUT2D eigenvalue weighted by molar-refractivity contribution is 0.497. The maximum Gasteiger partial charge on any atom is 0.254 e. The summed E-state index contributed by atoms with van der Waals surface area (Å²) in [7, 11) is -2.05. The van der Waals surface area contributed by atoms with Crippen LogP contribution in [0.2, 0.25) is 0 Å². The zero-order chi connectivity index (χ0) is 17.4. The number of aromatic nitrogens is 4. The number of nitrogens with zero attached hydrogens (tertiary/aromatic N) is 5. The van der Waals surface area contributed by atoms with E-state index in [2.05, 4.69) is 20.0 Å². The minimum Gasteiger partial charge on any atom is -0.356 e. The van der Waals surface area contributed by atoms with Crippen molar-refractivity contribution in [3.8, 4) is 0 Å². The molecule has 0 unspecified atom stereocenters. The van der Waals surface area contributed by atoms with Gasteiger partial charge in [-0.05, 0) is 37.5 Å². The van der Waals surface area contributed by atoms with Crippen LogP contribution in [0.1, 0.15) is 29.7 Å². The Labute approximate surface area is 146 Å². The van der Waals surface area contributed by atoms with Gasteiger partial charge in [-0.15, -0.1) is 0 Å². The first-order chi connectivity index (χ1) is 12.1. The molecule has 25 heavy (non-hydrogen) atoms. The Hall–Kier alpha value is -2.08. The molecule has 1 fully saturated rings. The molecule has 0 radical (unpaired) electrons. The Morgan fingerprint density at radius 1 is 1.12 bits per heavy atom. The molecule has 0 aliphatic carbocycles. The molecule has 2 N–H and O–H groups in total. The van der Waals surface area contributed by atoms with E-state index < -0.39 is 8.38 Å². The maximum atomic E-state index is 9.32. The molecule has 2 aromatic heterocycles. The third-order valence-corrected chi connectivity index (χ3v) is 5.42. The Bertz CT molecular complexity index is 888. The van der Waals surface area contributed by atoms with Crippen LogP contribution in [0.4, 0.5) is 5.82 Å². The number of hydrogen-bond donors (Lipinski definition) is 2. The lowest BCUT2D eigenvalue weighted by Gasteiger charge is -2.23. The van der Waals surface area contributed by atoms with Gasteiger partial charge in [0.25, 0.3) is 5.78 Å². The van der Waals surface area contributed by atoms with Crippen LogP contribution in [0.15, 0.2) is 30.6 Å². The van der Waals surface area contributed by atoms with E-state index in [4.69, 9.17) is 0 Å². The van der Waals surface area contributed by atoms with Crippen LogP contribution in [0.25, 0.3) is 5.78 Å². The van der Waals surface area contributed by atoms with Crippen molar-refractivity contribution in [2.75, 3.05) is 18.0 Å². The molecule has 4 rings (SSSR count). The topological polar surface area (TPSA) is 86.8 Å². The van der Waals surface area contributed by atoms with Gasteiger partial charge in [-0.3, -0.25) is 0 Å². The second-order valence-corrected chi connectivity index (χ2v) is 7.39. The smallest absolute Gasteiger partial charge is 0.254 e. The van der Waals surface area contributed by atoms with Crippen LogP contribution in [-0.4, -0.2) is 42.5 Å². The number of anilines is 1. The molecule has 8 heteroatoms. The van der Waals surface area contributed by atoms with Gasteiger partial charge in [-0.25, -0.2) is 4.98 Å². The van der Waals surface area contributed by atoms with Gasteiger partial charge in [0.05, 0.1) is 0 Å². The maximum absolute atomic E-state index is 9.32. The normalized spacial score (nSPS) is 14.8. The van der Waals surface area contributed by atoms with Gasteiger partial charge in [-0.2, -0.15) is 14.6 Å². The number of rotatable bonds is 4. The second kappa shape index (κ2) is 6.67. The average Bonchev–Trinajstić information content (AvgIpc) is 3.27. The van der Waals surface area contributed by atoms with E-state index >= 15 is 0 Å². The molecule has 0 saturated carbocycles. The molecule has 130 valence electrons. The van der Waals surface area contributed by atoms with Crippen molar-refractivity contribution in [1.82, 2.24) is 19.6 Å². The Morgan fingerprint density at radius 3 is 2.52 bits per heavy atom. The largest absolute Gasteiger partial charge is 0.356 e. The van der Waals surface area contributed by atoms with Gasteiger partial charge in [-0.1, -0.05) is 12.1 Å². The minimum atomic E-state index is -2.05. The van der Waals surface area contributed by atoms with E-state index in [1.807, 2.05) is 23.6 Å². The van der Waals surface area contributed by atoms with Crippen molar-refractivity contribution in [1.29, 1.82) is 0 Å². The molecule has 0 spiro atoms. The predicted molar refractivity (Wildman–Crippen MR) is 97.2 cm³/mol. The number of aryl methyl sites for hydroxylation is 1. The Morgan fingerprint density at radius 2 is 1.84 bits per heavy atom. The molecule has 1 aromatic carbocycles. The van der Waals surface area contributed by atoms with Crippen LogP contribution in [0.3, 0.4) is 0 Å². The van der Waals surface area contributed by atoms with Gasteiger partial charge in [0.2, 0.25) is 0 Å². The molecule has 1 aliphatic heterocycles. The zero-order valence-corrected chi connectivity index (χ0v) is 14.9. The fourth-order valence-electron chi connectivity index (χ4n) is 3.38. The van der Waals surface area contributed by atoms with Crippen molar-refractivity contribution in [3.63, 3.8) is 0 Å². The highest BCUT2D eigenvalue weighted by Crippen LogP contribution is 2.29. The van der Waals surface area contributed by atoms with E-state index in [0.717, 1.165) is 42.1 Å². The standard InChI is InChI=1S/C17H20N5O2P/c1-12-15(10-13-4-6-14(7-5-13)25(23)24)16(21-8-2-3-9-21)22-17(20-12)18-11-19-22/h4-7,11,23-24H,2-3,8-10H2,1H3. The molecule has 0 bridgehead atoms. The van der Waals surface area contributed by atoms with E-state index in [1.54, 1.807) is 18.5 Å². The second-order valence-electron chi connectivity index (χ2n) is 6.30. The first-order valence-electron chi connectivity index (χ1n) is 8.34. The number of hydrogen-bond acceptors (Lipinski definition) is 6. The van der Waals surface area contributed by atoms with Gasteiger partial charge in [0.15, 0.2) is 8.38 Å². The lowest BCUT2D eigenvalue weighted by atomic mass is 10.0. The monoisotopic (exact) mass is 357 g/mol. The summed E-state index contributed by atoms with van der Waals surface area (Å²) < 4.78 is 1.84. The lowest BCUT2D eigenvalue weighted by Crippen LogP contribution is -2.24. The molecule has 0 atom stereocenters. The van der Waals surface area contributed by atoms with Crippen molar-refractivity contribution in [2.24, 2.45) is 0 Å². The zero-order valence-electron chi connectivity index (χ0n) is 14.0. The summed E-state index contributed by atoms with van der Waals surface area (Å²) in [4.78, 5) is 29.8. The van der Waals surface area contributed by atoms with E-state index in [1.165, 1.54) is 12.8 Å². The summed E-state index contributed by atoms with van der Waals surface area (Å²) in [5, 5.41) is 4.94. The van der Waals surface area contributed by atoms with Crippen LogP contribution in [-0.2, 0) is 6.42 Å². The number of fused-ring (bicyclic) bond motifs is 1. The Balaban J connectivity index is 1.77. The summed E-state index contributed by atoms with van der Waals surface area (Å²) >= 11 is 0. The van der Waals surface area contributed by atoms with Gasteiger partial charge < -0.3 is 14.7 Å². The highest BCUT2D eigenvalue weighted by molar-refractivity contribution is 7.54. The fourth-order valence-corrected chi connectivity index (χ4v) is 3.80. The van der Waals surface area contributed by atoms with Crippen LogP contribution < -0.4 is 10.2 Å². The predicted octanol–water partition coefficient (Wildman–Crippen LogP) is 1.55. The summed E-state index contributed by atoms with van der Waals surface area (Å²) in [6, 6.07) is 7.42. The van der Waals surface area contributed by atoms with E-state index in [-0.39, 0.29) is 0 Å². The molecule has 0 amide bonds. The summed E-state index contributed by atoms with van der Waals surface area (Å²) in [5.41, 5.74) is 3.20. The fraction of sp³-hybridized carbons (Fsp3) is 0.353. The van der Waals surface area contributed by atoms with Gasteiger partial charge >= 0.3 is 0 Å². The van der Waals surface area contributed by atoms with Gasteiger partial charge in [0, 0.05) is 36.1 Å². The minimum absolute atomic E-state index is 0.556. The molecule has 1 saturated heterocycles. The summed E-state index contributed by atoms with van der Waals surface area (Å²) in [6.07, 6.45) is 4.63. The van der Waals surface area contributed by atoms with Crippen LogP contribution in [0.5, 0.6) is 0 Å². The van der Waals surface area contributed by atoms with Crippen LogP contribution >= 0.6 is 8.38 Å². The average molecular weight is 357 g/mol. The van der Waals surface area contributed by atoms with Gasteiger partial charge in [0.1, 0.15) is 12.1 Å². The third-order valence-electron chi connectivity index (χ3n) is 4.66. The molecule has 3 aromatic rings. The van der Waals surface area contributed by atoms with Crippen LogP contribution in [0, 0.1) is 6.92 Å². The SMILES string of the molecule is Cc1nc2ncnn2c(N2CCCC2)c1Cc1ccc(P(O)O)cc1. The quantitative estimate of drug-likeness (QED) is 0.689. The molecular weight excluding hydrogens is 337 g/mol. The van der Waals surface area contributed by atoms with E-state index in [9.17, 15) is 9.79 Å². The first-order valence-corrected chi connectivity index (χ1v) is 9.59. The highest BCUT2D eigenvalue weighted by Gasteiger charge is 2.22. The van der Waals surface area contributed by atoms with Crippen molar-refractivity contribution < 1.29 is 9.79 Å². The summed E-state index contributed by atoms with van der Waals surface area (Å²) in [6.45, 7) is 4.05. The third kappa shape index (κ3) is 3.11. The summed E-state index contributed by atoms with van der Waals surface area (Å²) in [5.74, 6) is 1.71. The van der Waals surface area contributed by atoms with Crippen molar-refractivity contribution in [2.45, 2.75) is 26.2 Å². The first kappa shape index (κ1) is 16.4. The Kier molecular flexibility index (Phi) is 4.37. The molecule has 7 nitrogen and oxygen atoms in total. The van der Waals surface area contributed by atoms with E-state index in [0.29, 0.717) is 11.1 Å². The van der Waals surface area contributed by atoms with Crippen molar-refractivity contribution in [3.05, 3.63) is 47.4 Å².